The molecule has 1 aromatic heterocycles. The van der Waals surface area contributed by atoms with E-state index in [9.17, 15) is 9.90 Å². The van der Waals surface area contributed by atoms with Crippen LogP contribution >= 0.6 is 0 Å². The average Bonchev–Trinajstić information content (AvgIpc) is 2.79. The van der Waals surface area contributed by atoms with E-state index in [2.05, 4.69) is 16.8 Å². The van der Waals surface area contributed by atoms with Gasteiger partial charge in [0.05, 0.1) is 11.7 Å². The molecule has 4 nitrogen and oxygen atoms in total. The standard InChI is InChI=1S/C18H30N2O2/c1-4-20-13(2)12-16(14(20)3)18(22)19-11-7-9-15-8-5-6-10-17(15)21/h12,15,17,21H,4-11H2,1-3H3,(H,19,22). The molecule has 4 heteroatoms. The minimum atomic E-state index is -0.132. The lowest BCUT2D eigenvalue weighted by Gasteiger charge is -2.27. The third-order valence-corrected chi connectivity index (χ3v) is 5.04. The van der Waals surface area contributed by atoms with Gasteiger partial charge in [-0.2, -0.15) is 0 Å². The number of aryl methyl sites for hydroxylation is 1. The number of hydrogen-bond acceptors (Lipinski definition) is 2. The summed E-state index contributed by atoms with van der Waals surface area (Å²) in [4.78, 5) is 12.3. The molecule has 1 heterocycles. The molecule has 0 aliphatic heterocycles. The Balaban J connectivity index is 1.78. The lowest BCUT2D eigenvalue weighted by molar-refractivity contribution is 0.0641. The Kier molecular flexibility index (Phi) is 6.07. The molecular weight excluding hydrogens is 276 g/mol. The summed E-state index contributed by atoms with van der Waals surface area (Å²) >= 11 is 0. The van der Waals surface area contributed by atoms with E-state index in [1.165, 1.54) is 6.42 Å². The molecule has 0 aromatic carbocycles. The Hall–Kier alpha value is -1.29. The fraction of sp³-hybridized carbons (Fsp3) is 0.722. The van der Waals surface area contributed by atoms with Gasteiger partial charge in [0.2, 0.25) is 0 Å². The van der Waals surface area contributed by atoms with Crippen molar-refractivity contribution in [3.63, 3.8) is 0 Å². The van der Waals surface area contributed by atoms with Crippen LogP contribution in [0.4, 0.5) is 0 Å². The van der Waals surface area contributed by atoms with Crippen molar-refractivity contribution in [1.82, 2.24) is 9.88 Å². The Morgan fingerprint density at radius 1 is 1.36 bits per heavy atom. The molecule has 1 amide bonds. The van der Waals surface area contributed by atoms with Crippen LogP contribution < -0.4 is 5.32 Å². The average molecular weight is 306 g/mol. The van der Waals surface area contributed by atoms with Crippen LogP contribution in [0.5, 0.6) is 0 Å². The molecule has 2 unspecified atom stereocenters. The van der Waals surface area contributed by atoms with Crippen LogP contribution in [0.15, 0.2) is 6.07 Å². The summed E-state index contributed by atoms with van der Waals surface area (Å²) in [6.07, 6.45) is 6.29. The van der Waals surface area contributed by atoms with Crippen LogP contribution in [0.1, 0.15) is 67.2 Å². The Morgan fingerprint density at radius 2 is 2.09 bits per heavy atom. The predicted octanol–water partition coefficient (Wildman–Crippen LogP) is 3.19. The van der Waals surface area contributed by atoms with Crippen molar-refractivity contribution in [1.29, 1.82) is 0 Å². The zero-order valence-electron chi connectivity index (χ0n) is 14.2. The quantitative estimate of drug-likeness (QED) is 0.793. The third-order valence-electron chi connectivity index (χ3n) is 5.04. The number of nitrogens with zero attached hydrogens (tertiary/aromatic N) is 1. The van der Waals surface area contributed by atoms with Crippen molar-refractivity contribution in [2.75, 3.05) is 6.54 Å². The van der Waals surface area contributed by atoms with Gasteiger partial charge in [-0.15, -0.1) is 0 Å². The van der Waals surface area contributed by atoms with Crippen molar-refractivity contribution >= 4 is 5.91 Å². The Bertz CT molecular complexity index is 507. The van der Waals surface area contributed by atoms with Gasteiger partial charge >= 0.3 is 0 Å². The van der Waals surface area contributed by atoms with Crippen LogP contribution in [0.2, 0.25) is 0 Å². The summed E-state index contributed by atoms with van der Waals surface area (Å²) in [5.74, 6) is 0.452. The van der Waals surface area contributed by atoms with E-state index in [1.807, 2.05) is 19.9 Å². The highest BCUT2D eigenvalue weighted by atomic mass is 16.3. The molecule has 0 saturated heterocycles. The number of hydrogen-bond donors (Lipinski definition) is 2. The van der Waals surface area contributed by atoms with Gasteiger partial charge in [0, 0.05) is 24.5 Å². The van der Waals surface area contributed by atoms with Crippen molar-refractivity contribution < 1.29 is 9.90 Å². The Morgan fingerprint density at radius 3 is 2.73 bits per heavy atom. The van der Waals surface area contributed by atoms with Gasteiger partial charge in [-0.3, -0.25) is 4.79 Å². The van der Waals surface area contributed by atoms with Crippen molar-refractivity contribution in [3.8, 4) is 0 Å². The number of rotatable bonds is 6. The van der Waals surface area contributed by atoms with Gasteiger partial charge < -0.3 is 15.0 Å². The highest BCUT2D eigenvalue weighted by Gasteiger charge is 2.22. The lowest BCUT2D eigenvalue weighted by atomic mass is 9.83. The molecule has 1 fully saturated rings. The molecule has 1 aliphatic carbocycles. The van der Waals surface area contributed by atoms with Crippen LogP contribution in [0, 0.1) is 19.8 Å². The number of aliphatic hydroxyl groups excluding tert-OH is 1. The fourth-order valence-corrected chi connectivity index (χ4v) is 3.70. The maximum atomic E-state index is 12.3. The molecule has 0 spiro atoms. The number of aliphatic hydroxyl groups is 1. The molecule has 1 saturated carbocycles. The van der Waals surface area contributed by atoms with E-state index in [4.69, 9.17) is 0 Å². The summed E-state index contributed by atoms with van der Waals surface area (Å²) in [5.41, 5.74) is 2.97. The zero-order valence-corrected chi connectivity index (χ0v) is 14.2. The van der Waals surface area contributed by atoms with Gasteiger partial charge in [0.25, 0.3) is 5.91 Å². The first-order chi connectivity index (χ1) is 10.5. The first-order valence-corrected chi connectivity index (χ1v) is 8.67. The largest absolute Gasteiger partial charge is 0.393 e. The molecule has 124 valence electrons. The normalized spacial score (nSPS) is 21.8. The van der Waals surface area contributed by atoms with Gasteiger partial charge in [0.15, 0.2) is 0 Å². The van der Waals surface area contributed by atoms with Gasteiger partial charge in [-0.05, 0) is 58.4 Å². The minimum Gasteiger partial charge on any atom is -0.393 e. The summed E-state index contributed by atoms with van der Waals surface area (Å²) < 4.78 is 2.16. The number of carbonyl (C=O) groups excluding carboxylic acids is 1. The molecule has 2 atom stereocenters. The number of aromatic nitrogens is 1. The Labute approximate surface area is 133 Å². The van der Waals surface area contributed by atoms with Gasteiger partial charge in [-0.1, -0.05) is 12.8 Å². The first kappa shape index (κ1) is 17.1. The van der Waals surface area contributed by atoms with Crippen LogP contribution in [-0.2, 0) is 6.54 Å². The highest BCUT2D eigenvalue weighted by molar-refractivity contribution is 5.95. The summed E-state index contributed by atoms with van der Waals surface area (Å²) in [6.45, 7) is 7.72. The maximum absolute atomic E-state index is 12.3. The highest BCUT2D eigenvalue weighted by Crippen LogP contribution is 2.27. The molecular formula is C18H30N2O2. The van der Waals surface area contributed by atoms with Crippen LogP contribution in [-0.4, -0.2) is 28.2 Å². The van der Waals surface area contributed by atoms with E-state index < -0.39 is 0 Å². The minimum absolute atomic E-state index is 0.0250. The second-order valence-corrected chi connectivity index (χ2v) is 6.54. The molecule has 0 bridgehead atoms. The van der Waals surface area contributed by atoms with Crippen molar-refractivity contribution in [2.45, 2.75) is 71.9 Å². The number of nitrogens with one attached hydrogen (secondary N) is 1. The van der Waals surface area contributed by atoms with Gasteiger partial charge in [-0.25, -0.2) is 0 Å². The van der Waals surface area contributed by atoms with Gasteiger partial charge in [0.1, 0.15) is 0 Å². The smallest absolute Gasteiger partial charge is 0.253 e. The first-order valence-electron chi connectivity index (χ1n) is 8.67. The second kappa shape index (κ2) is 7.82. The molecule has 1 aromatic rings. The van der Waals surface area contributed by atoms with Crippen LogP contribution in [0.3, 0.4) is 0 Å². The van der Waals surface area contributed by atoms with E-state index in [0.717, 1.165) is 55.6 Å². The fourth-order valence-electron chi connectivity index (χ4n) is 3.70. The van der Waals surface area contributed by atoms with Crippen molar-refractivity contribution in [3.05, 3.63) is 23.0 Å². The van der Waals surface area contributed by atoms with Crippen molar-refractivity contribution in [2.24, 2.45) is 5.92 Å². The summed E-state index contributed by atoms with van der Waals surface area (Å²) in [5, 5.41) is 13.0. The van der Waals surface area contributed by atoms with E-state index in [0.29, 0.717) is 12.5 Å². The number of amides is 1. The molecule has 0 radical (unpaired) electrons. The van der Waals surface area contributed by atoms with E-state index in [-0.39, 0.29) is 12.0 Å². The topological polar surface area (TPSA) is 54.3 Å². The maximum Gasteiger partial charge on any atom is 0.253 e. The zero-order chi connectivity index (χ0) is 16.1. The monoisotopic (exact) mass is 306 g/mol. The van der Waals surface area contributed by atoms with Crippen LogP contribution in [0.25, 0.3) is 0 Å². The van der Waals surface area contributed by atoms with E-state index >= 15 is 0 Å². The number of carbonyl (C=O) groups is 1. The second-order valence-electron chi connectivity index (χ2n) is 6.54. The SMILES string of the molecule is CCn1c(C)cc(C(=O)NCCCC2CCCCC2O)c1C. The van der Waals surface area contributed by atoms with E-state index in [1.54, 1.807) is 0 Å². The predicted molar refractivity (Wildman–Crippen MR) is 89.1 cm³/mol. The molecule has 1 aliphatic rings. The third kappa shape index (κ3) is 3.92. The lowest BCUT2D eigenvalue weighted by Crippen LogP contribution is -2.28. The summed E-state index contributed by atoms with van der Waals surface area (Å²) in [7, 11) is 0. The summed E-state index contributed by atoms with van der Waals surface area (Å²) in [6, 6.07) is 1.97. The molecule has 2 N–H and O–H groups in total. The molecule has 22 heavy (non-hydrogen) atoms. The molecule has 2 rings (SSSR count).